The first-order valence-electron chi connectivity index (χ1n) is 4.85. The largest absolute Gasteiger partial charge is 0.364 e. The van der Waals surface area contributed by atoms with Crippen molar-refractivity contribution in [2.45, 2.75) is 25.1 Å². The van der Waals surface area contributed by atoms with Gasteiger partial charge in [-0.15, -0.1) is 6.42 Å². The van der Waals surface area contributed by atoms with E-state index in [1.165, 1.54) is 10.8 Å². The molecule has 1 N–H and O–H groups in total. The van der Waals surface area contributed by atoms with Crippen LogP contribution in [0.15, 0.2) is 11.0 Å². The van der Waals surface area contributed by atoms with Crippen LogP contribution in [0.2, 0.25) is 0 Å². The number of aromatic amines is 1. The van der Waals surface area contributed by atoms with Crippen LogP contribution in [0, 0.1) is 17.0 Å². The lowest BCUT2D eigenvalue weighted by molar-refractivity contribution is 0.0340. The van der Waals surface area contributed by atoms with Gasteiger partial charge in [0.25, 0.3) is 0 Å². The summed E-state index contributed by atoms with van der Waals surface area (Å²) in [4.78, 5) is 14.2. The van der Waals surface area contributed by atoms with Crippen molar-refractivity contribution in [2.24, 2.45) is 0 Å². The van der Waals surface area contributed by atoms with E-state index in [0.29, 0.717) is 12.0 Å². The molecular weight excluding hydrogens is 223 g/mol. The van der Waals surface area contributed by atoms with Crippen molar-refractivity contribution in [3.05, 3.63) is 26.9 Å². The number of ether oxygens (including phenoxy) is 1. The fourth-order valence-electron chi connectivity index (χ4n) is 1.65. The van der Waals surface area contributed by atoms with E-state index in [-0.39, 0.29) is 22.6 Å². The molecule has 0 aromatic carbocycles. The van der Waals surface area contributed by atoms with Gasteiger partial charge in [0.1, 0.15) is 18.7 Å². The summed E-state index contributed by atoms with van der Waals surface area (Å²) >= 11 is 4.92. The normalized spacial score (nSPS) is 24.2. The second kappa shape index (κ2) is 4.28. The zero-order valence-corrected chi connectivity index (χ0v) is 9.29. The standard InChI is InChI=1S/C10H9BN2O2S/c1-2-6-5-13(10(14)12-9(6)16)8-4-3-7(11)15-8/h1,5,7-8H,3-4H2,(H,12,14,16)/t7-,8?/m0/s1. The van der Waals surface area contributed by atoms with E-state index in [2.05, 4.69) is 10.9 Å². The third-order valence-corrected chi connectivity index (χ3v) is 2.79. The highest BCUT2D eigenvalue weighted by Crippen LogP contribution is 2.25. The van der Waals surface area contributed by atoms with Crippen LogP contribution in [0.25, 0.3) is 0 Å². The summed E-state index contributed by atoms with van der Waals surface area (Å²) in [6.45, 7) is 0. The Hall–Kier alpha value is -1.32. The van der Waals surface area contributed by atoms with E-state index in [0.717, 1.165) is 6.42 Å². The first kappa shape index (κ1) is 11.2. The summed E-state index contributed by atoms with van der Waals surface area (Å²) in [5, 5.41) is 0. The predicted molar refractivity (Wildman–Crippen MR) is 62.7 cm³/mol. The summed E-state index contributed by atoms with van der Waals surface area (Å²) < 4.78 is 7.06. The van der Waals surface area contributed by atoms with Gasteiger partial charge in [-0.05, 0) is 12.8 Å². The maximum absolute atomic E-state index is 11.7. The number of hydrogen-bond acceptors (Lipinski definition) is 3. The molecule has 0 aliphatic carbocycles. The third-order valence-electron chi connectivity index (χ3n) is 2.46. The van der Waals surface area contributed by atoms with Crippen molar-refractivity contribution in [3.8, 4) is 12.3 Å². The van der Waals surface area contributed by atoms with E-state index in [4.69, 9.17) is 31.2 Å². The van der Waals surface area contributed by atoms with Gasteiger partial charge in [-0.1, -0.05) is 18.1 Å². The molecule has 1 aromatic heterocycles. The van der Waals surface area contributed by atoms with Gasteiger partial charge in [0.2, 0.25) is 0 Å². The van der Waals surface area contributed by atoms with Crippen molar-refractivity contribution in [1.29, 1.82) is 0 Å². The van der Waals surface area contributed by atoms with Crippen LogP contribution in [0.4, 0.5) is 0 Å². The molecule has 2 radical (unpaired) electrons. The fourth-order valence-corrected chi connectivity index (χ4v) is 1.85. The second-order valence-corrected chi connectivity index (χ2v) is 3.97. The molecule has 1 fully saturated rings. The van der Waals surface area contributed by atoms with E-state index >= 15 is 0 Å². The minimum atomic E-state index is -0.360. The minimum absolute atomic E-state index is 0.269. The lowest BCUT2D eigenvalue weighted by Gasteiger charge is -2.14. The molecule has 2 heterocycles. The van der Waals surface area contributed by atoms with Gasteiger partial charge in [-0.3, -0.25) is 9.55 Å². The molecule has 4 nitrogen and oxygen atoms in total. The predicted octanol–water partition coefficient (Wildman–Crippen LogP) is 0.691. The lowest BCUT2D eigenvalue weighted by atomic mass is 9.98. The van der Waals surface area contributed by atoms with Gasteiger partial charge in [0.15, 0.2) is 0 Å². The molecule has 6 heteroatoms. The Balaban J connectivity index is 2.46. The Kier molecular flexibility index (Phi) is 2.99. The highest BCUT2D eigenvalue weighted by atomic mass is 32.1. The molecule has 2 rings (SSSR count). The van der Waals surface area contributed by atoms with Crippen molar-refractivity contribution >= 4 is 20.1 Å². The van der Waals surface area contributed by atoms with Crippen LogP contribution in [0.3, 0.4) is 0 Å². The molecule has 0 saturated carbocycles. The van der Waals surface area contributed by atoms with Crippen LogP contribution in [0.5, 0.6) is 0 Å². The number of nitrogens with one attached hydrogen (secondary N) is 1. The number of rotatable bonds is 1. The Bertz CT molecular complexity index is 557. The van der Waals surface area contributed by atoms with Crippen LogP contribution in [0.1, 0.15) is 24.6 Å². The Morgan fingerprint density at radius 3 is 3.00 bits per heavy atom. The van der Waals surface area contributed by atoms with E-state index in [1.807, 2.05) is 0 Å². The van der Waals surface area contributed by atoms with Crippen LogP contribution in [-0.2, 0) is 4.74 Å². The van der Waals surface area contributed by atoms with Crippen molar-refractivity contribution in [2.75, 3.05) is 0 Å². The molecule has 1 aliphatic rings. The molecule has 80 valence electrons. The maximum Gasteiger partial charge on any atom is 0.328 e. The zero-order chi connectivity index (χ0) is 11.7. The van der Waals surface area contributed by atoms with Crippen molar-refractivity contribution < 1.29 is 4.74 Å². The Morgan fingerprint density at radius 2 is 2.44 bits per heavy atom. The zero-order valence-electron chi connectivity index (χ0n) is 8.47. The van der Waals surface area contributed by atoms with Gasteiger partial charge in [0.05, 0.1) is 5.56 Å². The monoisotopic (exact) mass is 232 g/mol. The van der Waals surface area contributed by atoms with Crippen molar-refractivity contribution in [1.82, 2.24) is 9.55 Å². The second-order valence-electron chi connectivity index (χ2n) is 3.56. The fraction of sp³-hybridized carbons (Fsp3) is 0.400. The molecule has 0 bridgehead atoms. The molecule has 1 aromatic rings. The van der Waals surface area contributed by atoms with E-state index in [1.54, 1.807) is 0 Å². The molecule has 0 amide bonds. The molecule has 16 heavy (non-hydrogen) atoms. The quantitative estimate of drug-likeness (QED) is 0.440. The average molecular weight is 232 g/mol. The Morgan fingerprint density at radius 1 is 1.69 bits per heavy atom. The number of hydrogen-bond donors (Lipinski definition) is 1. The molecule has 1 aliphatic heterocycles. The summed E-state index contributed by atoms with van der Waals surface area (Å²) in [7, 11) is 5.60. The van der Waals surface area contributed by atoms with Gasteiger partial charge >= 0.3 is 5.69 Å². The smallest absolute Gasteiger partial charge is 0.328 e. The number of nitrogens with zero attached hydrogens (tertiary/aromatic N) is 1. The lowest BCUT2D eigenvalue weighted by Crippen LogP contribution is -2.27. The average Bonchev–Trinajstić information content (AvgIpc) is 2.65. The molecule has 1 unspecified atom stereocenters. The van der Waals surface area contributed by atoms with Gasteiger partial charge in [-0.25, -0.2) is 4.79 Å². The van der Waals surface area contributed by atoms with Crippen LogP contribution >= 0.6 is 12.2 Å². The van der Waals surface area contributed by atoms with E-state index < -0.39 is 0 Å². The maximum atomic E-state index is 11.7. The van der Waals surface area contributed by atoms with Crippen LogP contribution < -0.4 is 5.69 Å². The first-order chi connectivity index (χ1) is 7.61. The van der Waals surface area contributed by atoms with Crippen molar-refractivity contribution in [3.63, 3.8) is 0 Å². The molecular formula is C10H9BN2O2S. The SMILES string of the molecule is [B][C@@H]1CCC(n2cc(C#C)c(=S)[nH]c2=O)O1. The van der Waals surface area contributed by atoms with Gasteiger partial charge < -0.3 is 4.74 Å². The minimum Gasteiger partial charge on any atom is -0.364 e. The molecule has 2 atom stereocenters. The highest BCUT2D eigenvalue weighted by Gasteiger charge is 2.23. The summed E-state index contributed by atoms with van der Waals surface area (Å²) in [6, 6.07) is -0.325. The van der Waals surface area contributed by atoms with E-state index in [9.17, 15) is 4.79 Å². The summed E-state index contributed by atoms with van der Waals surface area (Å²) in [5.74, 6) is 2.42. The molecule has 1 saturated heterocycles. The highest BCUT2D eigenvalue weighted by molar-refractivity contribution is 7.71. The first-order valence-corrected chi connectivity index (χ1v) is 5.26. The number of terminal acetylenes is 1. The summed E-state index contributed by atoms with van der Waals surface area (Å²) in [6.07, 6.45) is 7.86. The molecule has 0 spiro atoms. The van der Waals surface area contributed by atoms with Gasteiger partial charge in [-0.2, -0.15) is 0 Å². The number of H-pyrrole nitrogens is 1. The Labute approximate surface area is 99.0 Å². The van der Waals surface area contributed by atoms with Crippen LogP contribution in [-0.4, -0.2) is 23.4 Å². The number of aromatic nitrogens is 2. The van der Waals surface area contributed by atoms with Gasteiger partial charge in [0, 0.05) is 12.2 Å². The summed E-state index contributed by atoms with van der Waals surface area (Å²) in [5.41, 5.74) is 0.141. The third kappa shape index (κ3) is 1.97. The topological polar surface area (TPSA) is 47.0 Å².